The Morgan fingerprint density at radius 2 is 2.08 bits per heavy atom. The molecule has 0 aromatic carbocycles. The summed E-state index contributed by atoms with van der Waals surface area (Å²) in [6.07, 6.45) is 12.2. The second-order valence-corrected chi connectivity index (χ2v) is 6.19. The number of rotatable bonds is 3. The molecule has 3 aromatic rings. The fraction of sp³-hybridized carbons (Fsp3) is 0.412. The Labute approximate surface area is 140 Å². The molecule has 3 aromatic heterocycles. The van der Waals surface area contributed by atoms with Crippen LogP contribution in [0.3, 0.4) is 0 Å². The van der Waals surface area contributed by atoms with Crippen molar-refractivity contribution in [2.75, 3.05) is 6.54 Å². The van der Waals surface area contributed by atoms with Crippen molar-refractivity contribution in [3.05, 3.63) is 48.6 Å². The maximum atomic E-state index is 12.8. The van der Waals surface area contributed by atoms with Crippen molar-refractivity contribution in [1.29, 1.82) is 0 Å². The first-order chi connectivity index (χ1) is 11.7. The molecular weight excluding hydrogens is 304 g/mol. The van der Waals surface area contributed by atoms with Crippen molar-refractivity contribution in [3.63, 3.8) is 0 Å². The minimum Gasteiger partial charge on any atom is -0.333 e. The van der Waals surface area contributed by atoms with E-state index >= 15 is 0 Å². The van der Waals surface area contributed by atoms with Crippen molar-refractivity contribution in [1.82, 2.24) is 28.8 Å². The predicted molar refractivity (Wildman–Crippen MR) is 88.3 cm³/mol. The average Bonchev–Trinajstić information content (AvgIpc) is 3.23. The highest BCUT2D eigenvalue weighted by atomic mass is 16.2. The Bertz CT molecular complexity index is 867. The Kier molecular flexibility index (Phi) is 3.76. The number of imidazole rings is 2. The van der Waals surface area contributed by atoms with Crippen LogP contribution in [0.1, 0.15) is 36.8 Å². The van der Waals surface area contributed by atoms with Gasteiger partial charge in [-0.15, -0.1) is 0 Å². The lowest BCUT2D eigenvalue weighted by Gasteiger charge is -2.35. The van der Waals surface area contributed by atoms with Gasteiger partial charge in [-0.3, -0.25) is 9.20 Å². The van der Waals surface area contributed by atoms with Crippen LogP contribution in [-0.2, 0) is 11.3 Å². The zero-order chi connectivity index (χ0) is 16.5. The minimum absolute atomic E-state index is 0.0248. The first-order valence-electron chi connectivity index (χ1n) is 8.29. The van der Waals surface area contributed by atoms with E-state index in [1.165, 1.54) is 0 Å². The van der Waals surface area contributed by atoms with E-state index in [2.05, 4.69) is 15.0 Å². The number of carbonyl (C=O) groups excluding carboxylic acids is 1. The molecule has 0 bridgehead atoms. The van der Waals surface area contributed by atoms with Crippen molar-refractivity contribution in [2.45, 2.75) is 38.8 Å². The zero-order valence-electron chi connectivity index (χ0n) is 13.7. The number of aryl methyl sites for hydroxylation is 1. The van der Waals surface area contributed by atoms with Gasteiger partial charge >= 0.3 is 0 Å². The predicted octanol–water partition coefficient (Wildman–Crippen LogP) is 1.99. The summed E-state index contributed by atoms with van der Waals surface area (Å²) < 4.78 is 3.77. The second kappa shape index (κ2) is 6.07. The number of amides is 1. The molecule has 1 saturated heterocycles. The number of piperidine rings is 1. The van der Waals surface area contributed by atoms with Crippen LogP contribution in [0.2, 0.25) is 0 Å². The molecule has 0 saturated carbocycles. The highest BCUT2D eigenvalue weighted by Gasteiger charge is 2.29. The standard InChI is InChI=1S/C17H20N6O/c1-13-18-6-11-22(13)12-16(24)23-8-3-2-4-15(23)14-5-9-21-10-7-19-17(21)20-14/h5-7,9-11,15H,2-4,8,12H2,1H3. The molecule has 4 heterocycles. The van der Waals surface area contributed by atoms with E-state index in [0.29, 0.717) is 12.3 Å². The third-order valence-electron chi connectivity index (χ3n) is 4.68. The van der Waals surface area contributed by atoms with Gasteiger partial charge in [0.2, 0.25) is 11.7 Å². The van der Waals surface area contributed by atoms with Crippen LogP contribution >= 0.6 is 0 Å². The first-order valence-corrected chi connectivity index (χ1v) is 8.29. The van der Waals surface area contributed by atoms with E-state index in [1.54, 1.807) is 12.4 Å². The number of hydrogen-bond acceptors (Lipinski definition) is 4. The first kappa shape index (κ1) is 14.9. The molecule has 7 nitrogen and oxygen atoms in total. The molecular formula is C17H20N6O. The van der Waals surface area contributed by atoms with E-state index < -0.39 is 0 Å². The molecule has 1 amide bonds. The van der Waals surface area contributed by atoms with Crippen LogP contribution < -0.4 is 0 Å². The monoisotopic (exact) mass is 324 g/mol. The molecule has 0 N–H and O–H groups in total. The molecule has 1 unspecified atom stereocenters. The average molecular weight is 324 g/mol. The maximum Gasteiger partial charge on any atom is 0.243 e. The van der Waals surface area contributed by atoms with Gasteiger partial charge in [-0.2, -0.15) is 0 Å². The summed E-state index contributed by atoms with van der Waals surface area (Å²) in [6, 6.07) is 2.02. The number of carbonyl (C=O) groups is 1. The minimum atomic E-state index is 0.0248. The number of hydrogen-bond donors (Lipinski definition) is 0. The molecule has 1 aliphatic rings. The molecule has 0 aliphatic carbocycles. The van der Waals surface area contributed by atoms with Gasteiger partial charge < -0.3 is 9.47 Å². The smallest absolute Gasteiger partial charge is 0.243 e. The summed E-state index contributed by atoms with van der Waals surface area (Å²) in [5, 5.41) is 0. The number of likely N-dealkylation sites (tertiary alicyclic amines) is 1. The fourth-order valence-electron chi connectivity index (χ4n) is 3.35. The van der Waals surface area contributed by atoms with Crippen LogP contribution in [0.5, 0.6) is 0 Å². The zero-order valence-corrected chi connectivity index (χ0v) is 13.7. The molecule has 0 spiro atoms. The van der Waals surface area contributed by atoms with Gasteiger partial charge in [0.15, 0.2) is 0 Å². The highest BCUT2D eigenvalue weighted by Crippen LogP contribution is 2.30. The van der Waals surface area contributed by atoms with Crippen molar-refractivity contribution >= 4 is 11.7 Å². The topological polar surface area (TPSA) is 68.3 Å². The Hall–Kier alpha value is -2.70. The van der Waals surface area contributed by atoms with Crippen LogP contribution in [0.4, 0.5) is 0 Å². The summed E-state index contributed by atoms with van der Waals surface area (Å²) >= 11 is 0. The number of aromatic nitrogens is 5. The van der Waals surface area contributed by atoms with E-state index in [4.69, 9.17) is 0 Å². The lowest BCUT2D eigenvalue weighted by Crippen LogP contribution is -2.40. The number of fused-ring (bicyclic) bond motifs is 1. The van der Waals surface area contributed by atoms with Crippen molar-refractivity contribution in [3.8, 4) is 0 Å². The highest BCUT2D eigenvalue weighted by molar-refractivity contribution is 5.76. The number of nitrogens with zero attached hydrogens (tertiary/aromatic N) is 6. The van der Waals surface area contributed by atoms with Crippen LogP contribution in [0.25, 0.3) is 5.78 Å². The largest absolute Gasteiger partial charge is 0.333 e. The second-order valence-electron chi connectivity index (χ2n) is 6.19. The van der Waals surface area contributed by atoms with Gasteiger partial charge in [0.05, 0.1) is 11.7 Å². The molecule has 1 atom stereocenters. The lowest BCUT2D eigenvalue weighted by molar-refractivity contribution is -0.135. The van der Waals surface area contributed by atoms with Crippen molar-refractivity contribution < 1.29 is 4.79 Å². The molecule has 0 radical (unpaired) electrons. The summed E-state index contributed by atoms with van der Waals surface area (Å²) in [5.41, 5.74) is 0.920. The molecule has 1 fully saturated rings. The maximum absolute atomic E-state index is 12.8. The molecule has 7 heteroatoms. The Morgan fingerprint density at radius 1 is 1.21 bits per heavy atom. The van der Waals surface area contributed by atoms with Gasteiger partial charge in [0, 0.05) is 37.5 Å². The summed E-state index contributed by atoms with van der Waals surface area (Å²) in [5.74, 6) is 1.65. The van der Waals surface area contributed by atoms with E-state index in [-0.39, 0.29) is 11.9 Å². The van der Waals surface area contributed by atoms with Crippen LogP contribution in [-0.4, -0.2) is 41.3 Å². The quantitative estimate of drug-likeness (QED) is 0.739. The molecule has 4 rings (SSSR count). The molecule has 24 heavy (non-hydrogen) atoms. The van der Waals surface area contributed by atoms with E-state index in [9.17, 15) is 4.79 Å². The van der Waals surface area contributed by atoms with Gasteiger partial charge in [0.25, 0.3) is 0 Å². The fourth-order valence-corrected chi connectivity index (χ4v) is 3.35. The van der Waals surface area contributed by atoms with Gasteiger partial charge in [-0.25, -0.2) is 15.0 Å². The normalized spacial score (nSPS) is 18.2. The van der Waals surface area contributed by atoms with E-state index in [1.807, 2.05) is 45.4 Å². The van der Waals surface area contributed by atoms with E-state index in [0.717, 1.165) is 37.3 Å². The van der Waals surface area contributed by atoms with Gasteiger partial charge in [0.1, 0.15) is 12.4 Å². The molecule has 1 aliphatic heterocycles. The van der Waals surface area contributed by atoms with Crippen LogP contribution in [0, 0.1) is 6.92 Å². The van der Waals surface area contributed by atoms with Crippen LogP contribution in [0.15, 0.2) is 37.1 Å². The SMILES string of the molecule is Cc1nccn1CC(=O)N1CCCCC1c1ccn2ccnc2n1. The Balaban J connectivity index is 1.60. The van der Waals surface area contributed by atoms with Crippen molar-refractivity contribution in [2.24, 2.45) is 0 Å². The molecule has 124 valence electrons. The third kappa shape index (κ3) is 2.66. The lowest BCUT2D eigenvalue weighted by atomic mass is 9.99. The third-order valence-corrected chi connectivity index (χ3v) is 4.68. The summed E-state index contributed by atoms with van der Waals surface area (Å²) in [7, 11) is 0. The summed E-state index contributed by atoms with van der Waals surface area (Å²) in [6.45, 7) is 3.02. The van der Waals surface area contributed by atoms with Gasteiger partial charge in [-0.1, -0.05) is 0 Å². The van der Waals surface area contributed by atoms with Gasteiger partial charge in [-0.05, 0) is 32.3 Å². The summed E-state index contributed by atoms with van der Waals surface area (Å²) in [4.78, 5) is 27.9. The Morgan fingerprint density at radius 3 is 2.92 bits per heavy atom.